The van der Waals surface area contributed by atoms with Gasteiger partial charge in [-0.05, 0) is 28.5 Å². The first-order chi connectivity index (χ1) is 12.5. The third kappa shape index (κ3) is 3.54. The lowest BCUT2D eigenvalue weighted by molar-refractivity contribution is -0.139. The first-order valence-electron chi connectivity index (χ1n) is 7.91. The second-order valence-electron chi connectivity index (χ2n) is 5.81. The number of aliphatic carboxylic acids is 1. The standard InChI is InChI=1S/C20H15F2NO3/c21-16-10-4-9-15(18(16)22)19(24)23-17(20(25)26)11-13-7-3-6-12-5-1-2-8-14(12)13/h1-10,17H,11H2,(H,23,24)(H,25,26)/t17-/m0/s1. The highest BCUT2D eigenvalue weighted by Crippen LogP contribution is 2.20. The van der Waals surface area contributed by atoms with Crippen molar-refractivity contribution >= 4 is 22.6 Å². The molecule has 3 rings (SSSR count). The predicted molar refractivity (Wildman–Crippen MR) is 92.9 cm³/mol. The Morgan fingerprint density at radius 1 is 0.962 bits per heavy atom. The van der Waals surface area contributed by atoms with Gasteiger partial charge in [0.25, 0.3) is 5.91 Å². The fourth-order valence-electron chi connectivity index (χ4n) is 2.81. The lowest BCUT2D eigenvalue weighted by atomic mass is 9.98. The number of hydrogen-bond donors (Lipinski definition) is 2. The van der Waals surface area contributed by atoms with Gasteiger partial charge in [-0.3, -0.25) is 4.79 Å². The molecule has 0 saturated carbocycles. The van der Waals surface area contributed by atoms with E-state index in [1.165, 1.54) is 6.07 Å². The summed E-state index contributed by atoms with van der Waals surface area (Å²) in [4.78, 5) is 23.8. The molecule has 1 atom stereocenters. The highest BCUT2D eigenvalue weighted by Gasteiger charge is 2.24. The Hall–Kier alpha value is -3.28. The Morgan fingerprint density at radius 3 is 2.42 bits per heavy atom. The molecule has 2 N–H and O–H groups in total. The van der Waals surface area contributed by atoms with Crippen LogP contribution < -0.4 is 5.32 Å². The van der Waals surface area contributed by atoms with Gasteiger partial charge in [0.1, 0.15) is 6.04 Å². The molecule has 0 bridgehead atoms. The van der Waals surface area contributed by atoms with Crippen LogP contribution in [0.3, 0.4) is 0 Å². The Morgan fingerprint density at radius 2 is 1.65 bits per heavy atom. The maximum Gasteiger partial charge on any atom is 0.326 e. The second-order valence-corrected chi connectivity index (χ2v) is 5.81. The molecule has 0 fully saturated rings. The molecule has 0 spiro atoms. The van der Waals surface area contributed by atoms with Gasteiger partial charge >= 0.3 is 5.97 Å². The molecule has 0 aliphatic heterocycles. The van der Waals surface area contributed by atoms with Gasteiger partial charge in [-0.15, -0.1) is 0 Å². The van der Waals surface area contributed by atoms with E-state index in [2.05, 4.69) is 5.32 Å². The second kappa shape index (κ2) is 7.31. The van der Waals surface area contributed by atoms with E-state index in [4.69, 9.17) is 0 Å². The smallest absolute Gasteiger partial charge is 0.326 e. The lowest BCUT2D eigenvalue weighted by Gasteiger charge is -2.16. The average Bonchev–Trinajstić information content (AvgIpc) is 2.63. The van der Waals surface area contributed by atoms with Crippen LogP contribution in [0.5, 0.6) is 0 Å². The zero-order chi connectivity index (χ0) is 18.7. The SMILES string of the molecule is O=C(N[C@@H](Cc1cccc2ccccc12)C(=O)O)c1cccc(F)c1F. The van der Waals surface area contributed by atoms with Gasteiger partial charge < -0.3 is 10.4 Å². The van der Waals surface area contributed by atoms with E-state index in [1.807, 2.05) is 30.3 Å². The lowest BCUT2D eigenvalue weighted by Crippen LogP contribution is -2.42. The molecule has 0 saturated heterocycles. The first-order valence-corrected chi connectivity index (χ1v) is 7.91. The number of benzene rings is 3. The molecule has 0 aliphatic rings. The topological polar surface area (TPSA) is 66.4 Å². The number of carboxylic acids is 1. The van der Waals surface area contributed by atoms with Crippen LogP contribution in [0.15, 0.2) is 60.7 Å². The maximum atomic E-state index is 13.8. The maximum absolute atomic E-state index is 13.8. The van der Waals surface area contributed by atoms with Crippen LogP contribution in [0.1, 0.15) is 15.9 Å². The number of halogens is 2. The summed E-state index contributed by atoms with van der Waals surface area (Å²) in [6.07, 6.45) is 0.0133. The summed E-state index contributed by atoms with van der Waals surface area (Å²) in [6.45, 7) is 0. The third-order valence-electron chi connectivity index (χ3n) is 4.10. The van der Waals surface area contributed by atoms with Crippen LogP contribution >= 0.6 is 0 Å². The van der Waals surface area contributed by atoms with Crippen molar-refractivity contribution in [2.75, 3.05) is 0 Å². The van der Waals surface area contributed by atoms with Crippen molar-refractivity contribution in [3.63, 3.8) is 0 Å². The summed E-state index contributed by atoms with van der Waals surface area (Å²) in [7, 11) is 0. The average molecular weight is 355 g/mol. The van der Waals surface area contributed by atoms with Gasteiger partial charge in [-0.1, -0.05) is 48.5 Å². The van der Waals surface area contributed by atoms with E-state index < -0.39 is 35.1 Å². The molecule has 3 aromatic rings. The molecule has 0 aromatic heterocycles. The summed E-state index contributed by atoms with van der Waals surface area (Å²) in [6, 6.07) is 14.8. The third-order valence-corrected chi connectivity index (χ3v) is 4.10. The molecule has 0 radical (unpaired) electrons. The molecular formula is C20H15F2NO3. The number of carboxylic acid groups (broad SMARTS) is 1. The molecule has 4 nitrogen and oxygen atoms in total. The van der Waals surface area contributed by atoms with Crippen molar-refractivity contribution in [1.82, 2.24) is 5.32 Å². The van der Waals surface area contributed by atoms with Gasteiger partial charge in [0.15, 0.2) is 11.6 Å². The summed E-state index contributed by atoms with van der Waals surface area (Å²) in [5.41, 5.74) is 0.199. The van der Waals surface area contributed by atoms with E-state index >= 15 is 0 Å². The van der Waals surface area contributed by atoms with Crippen molar-refractivity contribution in [1.29, 1.82) is 0 Å². The van der Waals surface area contributed by atoms with E-state index in [-0.39, 0.29) is 6.42 Å². The molecule has 6 heteroatoms. The number of carbonyl (C=O) groups is 2. The summed E-state index contributed by atoms with van der Waals surface area (Å²) in [5, 5.41) is 13.5. The molecule has 132 valence electrons. The quantitative estimate of drug-likeness (QED) is 0.736. The zero-order valence-corrected chi connectivity index (χ0v) is 13.6. The molecule has 0 aliphatic carbocycles. The Bertz CT molecular complexity index is 982. The number of hydrogen-bond acceptors (Lipinski definition) is 2. The number of amides is 1. The van der Waals surface area contributed by atoms with E-state index in [0.717, 1.165) is 28.5 Å². The zero-order valence-electron chi connectivity index (χ0n) is 13.6. The number of carbonyl (C=O) groups excluding carboxylic acids is 1. The van der Waals surface area contributed by atoms with Gasteiger partial charge in [-0.2, -0.15) is 0 Å². The van der Waals surface area contributed by atoms with Gasteiger partial charge in [-0.25, -0.2) is 13.6 Å². The Balaban J connectivity index is 1.87. The fraction of sp³-hybridized carbons (Fsp3) is 0.100. The molecule has 0 heterocycles. The van der Waals surface area contributed by atoms with Gasteiger partial charge in [0, 0.05) is 6.42 Å². The number of rotatable bonds is 5. The van der Waals surface area contributed by atoms with Crippen molar-refractivity contribution in [3.8, 4) is 0 Å². The van der Waals surface area contributed by atoms with Gasteiger partial charge in [0.05, 0.1) is 5.56 Å². The van der Waals surface area contributed by atoms with Crippen LogP contribution in [-0.4, -0.2) is 23.0 Å². The van der Waals surface area contributed by atoms with Crippen molar-refractivity contribution in [2.45, 2.75) is 12.5 Å². The number of nitrogens with one attached hydrogen (secondary N) is 1. The summed E-state index contributed by atoms with van der Waals surface area (Å²) >= 11 is 0. The molecule has 1 amide bonds. The minimum absolute atomic E-state index is 0.0133. The summed E-state index contributed by atoms with van der Waals surface area (Å²) in [5.74, 6) is -4.71. The normalized spacial score (nSPS) is 11.9. The predicted octanol–water partition coefficient (Wildman–Crippen LogP) is 3.54. The van der Waals surface area contributed by atoms with E-state index in [1.54, 1.807) is 12.1 Å². The molecule has 26 heavy (non-hydrogen) atoms. The minimum Gasteiger partial charge on any atom is -0.480 e. The molecule has 3 aromatic carbocycles. The number of fused-ring (bicyclic) bond motifs is 1. The Labute approximate surface area is 148 Å². The van der Waals surface area contributed by atoms with E-state index in [0.29, 0.717) is 0 Å². The van der Waals surface area contributed by atoms with Crippen LogP contribution in [-0.2, 0) is 11.2 Å². The summed E-state index contributed by atoms with van der Waals surface area (Å²) < 4.78 is 27.0. The van der Waals surface area contributed by atoms with Crippen LogP contribution in [0.25, 0.3) is 10.8 Å². The molecule has 0 unspecified atom stereocenters. The van der Waals surface area contributed by atoms with Crippen LogP contribution in [0.4, 0.5) is 8.78 Å². The first kappa shape index (κ1) is 17.5. The van der Waals surface area contributed by atoms with Gasteiger partial charge in [0.2, 0.25) is 0 Å². The van der Waals surface area contributed by atoms with Crippen molar-refractivity contribution < 1.29 is 23.5 Å². The van der Waals surface area contributed by atoms with Crippen LogP contribution in [0, 0.1) is 11.6 Å². The van der Waals surface area contributed by atoms with Crippen molar-refractivity contribution in [2.24, 2.45) is 0 Å². The van der Waals surface area contributed by atoms with E-state index in [9.17, 15) is 23.5 Å². The molecular weight excluding hydrogens is 340 g/mol. The Kier molecular flexibility index (Phi) is 4.93. The highest BCUT2D eigenvalue weighted by molar-refractivity contribution is 5.97. The van der Waals surface area contributed by atoms with Crippen LogP contribution in [0.2, 0.25) is 0 Å². The fourth-order valence-corrected chi connectivity index (χ4v) is 2.81. The largest absolute Gasteiger partial charge is 0.480 e. The minimum atomic E-state index is -1.31. The van der Waals surface area contributed by atoms with Crippen molar-refractivity contribution in [3.05, 3.63) is 83.4 Å². The highest BCUT2D eigenvalue weighted by atomic mass is 19.2. The monoisotopic (exact) mass is 355 g/mol.